The molecule has 0 amide bonds. The van der Waals surface area contributed by atoms with Gasteiger partial charge < -0.3 is 38.1 Å². The minimum absolute atomic E-state index is 0.192. The van der Waals surface area contributed by atoms with Gasteiger partial charge in [-0.1, -0.05) is 201 Å². The highest BCUT2D eigenvalue weighted by atomic mass is 32.2. The Bertz CT molecular complexity index is 1180. The monoisotopic (exact) mass is 1210 g/mol. The number of methoxy groups -OCH3 is 3. The summed E-state index contributed by atoms with van der Waals surface area (Å²) in [7, 11) is 6.45. The molecule has 0 aliphatic heterocycles. The minimum atomic E-state index is -3.00. The van der Waals surface area contributed by atoms with Crippen molar-refractivity contribution in [3.8, 4) is 0 Å². The van der Waals surface area contributed by atoms with Gasteiger partial charge in [-0.15, -0.1) is 0 Å². The molecule has 0 rings (SSSR count). The maximum absolute atomic E-state index is 10.6. The normalized spacial score (nSPS) is 11.5. The van der Waals surface area contributed by atoms with Gasteiger partial charge in [-0.05, 0) is 156 Å². The second-order valence-corrected chi connectivity index (χ2v) is 31.6. The smallest absolute Gasteiger partial charge is 0.208 e. The first-order chi connectivity index (χ1) is 37.0. The highest BCUT2D eigenvalue weighted by Crippen LogP contribution is 2.22. The second kappa shape index (κ2) is 68.1. The Morgan fingerprint density at radius 1 is 0.415 bits per heavy atom. The van der Waals surface area contributed by atoms with Crippen LogP contribution in [0.15, 0.2) is 0 Å². The molecule has 0 aromatic heterocycles. The van der Waals surface area contributed by atoms with Crippen LogP contribution in [0.1, 0.15) is 293 Å². The lowest BCUT2D eigenvalue weighted by Gasteiger charge is -2.20. The molecule has 82 heavy (non-hydrogen) atoms. The van der Waals surface area contributed by atoms with Crippen molar-refractivity contribution in [1.29, 1.82) is 0 Å². The summed E-state index contributed by atoms with van der Waals surface area (Å²) in [5, 5.41) is 0. The molecular weight excluding hydrogens is 1040 g/mol. The number of sulfonamides is 1. The summed E-state index contributed by atoms with van der Waals surface area (Å²) in [5.41, 5.74) is 2.86. The summed E-state index contributed by atoms with van der Waals surface area (Å²) in [6, 6.07) is 0. The molecule has 0 fully saturated rings. The van der Waals surface area contributed by atoms with Gasteiger partial charge in [0.05, 0.1) is 12.4 Å². The topological polar surface area (TPSA) is 114 Å². The molecular formula is C70H164N2O9S. The first-order valence-electron chi connectivity index (χ1n) is 32.4. The van der Waals surface area contributed by atoms with E-state index < -0.39 is 10.0 Å². The number of nitrogens with zero attached hydrogens (tertiary/aromatic N) is 1. The standard InChI is InChI=1S/C9H20O.C8H19N.3C8H18O.C7H17NO2S.C7H16O.C6H14O.C5H12O.2C2H6/c1-5-7-10-8-6-9(2,3)4;1-8(2,3)6-7-9(4)5;1-8(2,3)6-5-7-9-4;2*1-5-9-7-6-8(2,3)4;1-7(2,3)5-6-8-11(4,9)10;1-7(2,3)5-6-8-4;1-4-5-7-6(2)3;1-5(2)4-6-3;2*1-2/h5-8H2,1-4H3;6-7H2,1-5H3;3*5-7H2,1-4H3;8H,5-6H2,1-4H3;5-6H2,1-4H3;6H,4-5H2,1-3H3;5H,4H2,1-3H3;2*1-2H3. The Kier molecular flexibility index (Phi) is 88.3. The van der Waals surface area contributed by atoms with Crippen LogP contribution >= 0.6 is 0 Å². The van der Waals surface area contributed by atoms with Gasteiger partial charge in [-0.2, -0.15) is 0 Å². The Labute approximate surface area is 522 Å². The molecule has 0 atom stereocenters. The summed E-state index contributed by atoms with van der Waals surface area (Å²) in [5.74, 6) is 0.676. The average Bonchev–Trinajstić information content (AvgIpc) is 3.29. The largest absolute Gasteiger partial charge is 0.385 e. The zero-order valence-electron chi connectivity index (χ0n) is 64.2. The van der Waals surface area contributed by atoms with E-state index in [0.717, 1.165) is 111 Å². The number of nitrogens with one attached hydrogen (secondary N) is 1. The molecule has 0 saturated heterocycles. The number of hydrogen-bond acceptors (Lipinski definition) is 10. The Morgan fingerprint density at radius 3 is 0.915 bits per heavy atom. The van der Waals surface area contributed by atoms with Crippen LogP contribution in [-0.4, -0.2) is 140 Å². The Morgan fingerprint density at radius 2 is 0.732 bits per heavy atom. The van der Waals surface area contributed by atoms with Gasteiger partial charge in [0.2, 0.25) is 10.0 Å². The molecule has 12 heteroatoms. The van der Waals surface area contributed by atoms with Crippen molar-refractivity contribution in [3.05, 3.63) is 0 Å². The minimum Gasteiger partial charge on any atom is -0.385 e. The van der Waals surface area contributed by atoms with Crippen LogP contribution in [-0.2, 0) is 43.2 Å². The average molecular weight is 1210 g/mol. The van der Waals surface area contributed by atoms with E-state index in [4.69, 9.17) is 33.2 Å². The van der Waals surface area contributed by atoms with Crippen molar-refractivity contribution in [3.63, 3.8) is 0 Å². The highest BCUT2D eigenvalue weighted by Gasteiger charge is 2.13. The fourth-order valence-corrected chi connectivity index (χ4v) is 5.16. The molecule has 0 unspecified atom stereocenters. The van der Waals surface area contributed by atoms with E-state index in [-0.39, 0.29) is 5.41 Å². The zero-order chi connectivity index (χ0) is 67.9. The van der Waals surface area contributed by atoms with Crippen LogP contribution in [0.4, 0.5) is 0 Å². The van der Waals surface area contributed by atoms with Gasteiger partial charge in [-0.25, -0.2) is 13.1 Å². The second-order valence-electron chi connectivity index (χ2n) is 29.8. The predicted molar refractivity (Wildman–Crippen MR) is 373 cm³/mol. The van der Waals surface area contributed by atoms with E-state index in [9.17, 15) is 8.42 Å². The van der Waals surface area contributed by atoms with Crippen LogP contribution in [0, 0.1) is 43.8 Å². The van der Waals surface area contributed by atoms with Crippen molar-refractivity contribution in [2.75, 3.05) is 121 Å². The van der Waals surface area contributed by atoms with Crippen molar-refractivity contribution in [2.24, 2.45) is 43.8 Å². The first-order valence-corrected chi connectivity index (χ1v) is 34.3. The molecule has 0 saturated carbocycles. The van der Waals surface area contributed by atoms with Crippen LogP contribution in [0.3, 0.4) is 0 Å². The fourth-order valence-electron chi connectivity index (χ4n) is 4.68. The third-order valence-corrected chi connectivity index (χ3v) is 10.5. The number of hydrogen-bond donors (Lipinski definition) is 1. The summed E-state index contributed by atoms with van der Waals surface area (Å²) < 4.78 is 59.3. The van der Waals surface area contributed by atoms with Crippen molar-refractivity contribution in [2.45, 2.75) is 299 Å². The molecule has 1 N–H and O–H groups in total. The predicted octanol–water partition coefficient (Wildman–Crippen LogP) is 20.4. The van der Waals surface area contributed by atoms with Crippen LogP contribution in [0.5, 0.6) is 0 Å². The van der Waals surface area contributed by atoms with E-state index in [1.807, 2.05) is 41.5 Å². The first kappa shape index (κ1) is 106. The molecule has 0 spiro atoms. The highest BCUT2D eigenvalue weighted by molar-refractivity contribution is 7.88. The molecule has 0 heterocycles. The SMILES string of the molecule is CC.CC.CC(C)(C)CCNS(C)(=O)=O.CCCOC(C)C.CCCOCCC(C)(C)C.CCOCCC(C)(C)C.CCOCCC(C)(C)C.CN(C)CCC(C)(C)C.COCC(C)C.COCCC(C)(C)C.COCCCC(C)(C)C. The van der Waals surface area contributed by atoms with Crippen LogP contribution in [0.25, 0.3) is 0 Å². The van der Waals surface area contributed by atoms with Gasteiger partial charge >= 0.3 is 0 Å². The molecule has 0 radical (unpaired) electrons. The molecule has 11 nitrogen and oxygen atoms in total. The quantitative estimate of drug-likeness (QED) is 0.0887. The number of rotatable bonds is 25. The van der Waals surface area contributed by atoms with Crippen LogP contribution < -0.4 is 4.72 Å². The Balaban J connectivity index is -0.0000000765. The van der Waals surface area contributed by atoms with Crippen LogP contribution in [0.2, 0.25) is 0 Å². The van der Waals surface area contributed by atoms with Gasteiger partial charge in [0.1, 0.15) is 0 Å². The van der Waals surface area contributed by atoms with E-state index >= 15 is 0 Å². The fraction of sp³-hybridized carbons (Fsp3) is 1.00. The summed E-state index contributed by atoms with van der Waals surface area (Å²) in [6.45, 7) is 81.8. The van der Waals surface area contributed by atoms with E-state index in [1.165, 1.54) is 32.1 Å². The maximum Gasteiger partial charge on any atom is 0.208 e. The van der Waals surface area contributed by atoms with Gasteiger partial charge in [0.15, 0.2) is 0 Å². The zero-order valence-corrected chi connectivity index (χ0v) is 65.1. The summed E-state index contributed by atoms with van der Waals surface area (Å²) in [4.78, 5) is 2.23. The van der Waals surface area contributed by atoms with E-state index in [0.29, 0.717) is 51.1 Å². The molecule has 0 aromatic carbocycles. The molecule has 0 aliphatic carbocycles. The maximum atomic E-state index is 10.6. The third-order valence-electron chi connectivity index (χ3n) is 9.78. The Hall–Kier alpha value is -0.410. The van der Waals surface area contributed by atoms with Crippen molar-refractivity contribution >= 4 is 10.0 Å². The van der Waals surface area contributed by atoms with Crippen molar-refractivity contribution in [1.82, 2.24) is 9.62 Å². The summed E-state index contributed by atoms with van der Waals surface area (Å²) in [6.07, 6.45) is 13.0. The van der Waals surface area contributed by atoms with Gasteiger partial charge in [-0.3, -0.25) is 0 Å². The lowest BCUT2D eigenvalue weighted by atomic mass is 9.91. The summed E-state index contributed by atoms with van der Waals surface area (Å²) >= 11 is 0. The number of ether oxygens (including phenoxy) is 7. The molecule has 0 aromatic rings. The molecule has 514 valence electrons. The molecule has 0 aliphatic rings. The molecule has 0 bridgehead atoms. The van der Waals surface area contributed by atoms with E-state index in [2.05, 4.69) is 211 Å². The lowest BCUT2D eigenvalue weighted by molar-refractivity contribution is 0.0794. The van der Waals surface area contributed by atoms with E-state index in [1.54, 1.807) is 21.3 Å². The van der Waals surface area contributed by atoms with Gasteiger partial charge in [0, 0.05) is 93.9 Å². The lowest BCUT2D eigenvalue weighted by Crippen LogP contribution is -2.26. The third kappa shape index (κ3) is 192. The van der Waals surface area contributed by atoms with Crippen molar-refractivity contribution < 1.29 is 41.6 Å². The van der Waals surface area contributed by atoms with Gasteiger partial charge in [0.25, 0.3) is 0 Å².